The topological polar surface area (TPSA) is 72.7 Å². The Morgan fingerprint density at radius 2 is 1.83 bits per heavy atom. The molecule has 4 aliphatic rings. The Hall–Kier alpha value is -2.24. The smallest absolute Gasteiger partial charge is 0.230 e. The van der Waals surface area contributed by atoms with Crippen molar-refractivity contribution in [2.24, 2.45) is 23.2 Å². The van der Waals surface area contributed by atoms with Crippen LogP contribution in [0.3, 0.4) is 0 Å². The third-order valence-electron chi connectivity index (χ3n) is 6.18. The molecule has 0 spiro atoms. The molecule has 1 N–H and O–H groups in total. The van der Waals surface area contributed by atoms with Gasteiger partial charge in [0, 0.05) is 0 Å². The lowest BCUT2D eigenvalue weighted by atomic mass is 9.49. The molecule has 4 bridgehead atoms. The maximum atomic E-state index is 13.0. The summed E-state index contributed by atoms with van der Waals surface area (Å²) in [7, 11) is 0. The minimum Gasteiger partial charge on any atom is -0.324 e. The number of nitrogens with zero attached hydrogens (tertiary/aromatic N) is 4. The van der Waals surface area contributed by atoms with Gasteiger partial charge in [0.2, 0.25) is 5.91 Å². The van der Waals surface area contributed by atoms with Gasteiger partial charge in [-0.2, -0.15) is 5.10 Å². The van der Waals surface area contributed by atoms with Gasteiger partial charge < -0.3 is 5.32 Å². The van der Waals surface area contributed by atoms with Crippen molar-refractivity contribution in [1.82, 2.24) is 19.7 Å². The van der Waals surface area contributed by atoms with Crippen LogP contribution in [0.2, 0.25) is 0 Å². The third-order valence-corrected chi connectivity index (χ3v) is 6.18. The van der Waals surface area contributed by atoms with Crippen molar-refractivity contribution < 1.29 is 4.79 Å². The molecule has 6 rings (SSSR count). The molecule has 0 unspecified atom stereocenters. The van der Waals surface area contributed by atoms with Crippen molar-refractivity contribution in [2.45, 2.75) is 38.5 Å². The second kappa shape index (κ2) is 5.13. The summed E-state index contributed by atoms with van der Waals surface area (Å²) in [6.07, 6.45) is 12.1. The lowest BCUT2D eigenvalue weighted by molar-refractivity contribution is -0.140. The first-order valence-corrected chi connectivity index (χ1v) is 8.83. The molecule has 4 aliphatic carbocycles. The highest BCUT2D eigenvalue weighted by atomic mass is 16.2. The van der Waals surface area contributed by atoms with E-state index in [9.17, 15) is 4.79 Å². The lowest BCUT2D eigenvalue weighted by Crippen LogP contribution is -2.51. The van der Waals surface area contributed by atoms with Gasteiger partial charge in [-0.25, -0.2) is 14.6 Å². The van der Waals surface area contributed by atoms with E-state index in [0.29, 0.717) is 5.82 Å². The van der Waals surface area contributed by atoms with E-state index in [0.717, 1.165) is 42.7 Å². The standard InChI is InChI=1S/C18H21N5O/c24-17(18-6-12-3-13(7-18)5-14(4-12)8-18)22-15-1-2-16(20-9-15)23-11-19-10-21-23/h1-2,9-14H,3-8H2,(H,22,24). The summed E-state index contributed by atoms with van der Waals surface area (Å²) in [5, 5.41) is 7.18. The fourth-order valence-corrected chi connectivity index (χ4v) is 5.57. The van der Waals surface area contributed by atoms with Gasteiger partial charge in [-0.15, -0.1) is 0 Å². The fourth-order valence-electron chi connectivity index (χ4n) is 5.57. The minimum atomic E-state index is -0.126. The molecule has 4 saturated carbocycles. The Morgan fingerprint density at radius 1 is 1.12 bits per heavy atom. The average Bonchev–Trinajstić information content (AvgIpc) is 3.09. The highest BCUT2D eigenvalue weighted by molar-refractivity contribution is 5.95. The summed E-state index contributed by atoms with van der Waals surface area (Å²) < 4.78 is 1.60. The molecule has 1 amide bonds. The molecule has 4 fully saturated rings. The maximum Gasteiger partial charge on any atom is 0.230 e. The molecule has 6 nitrogen and oxygen atoms in total. The van der Waals surface area contributed by atoms with E-state index in [4.69, 9.17) is 0 Å². The van der Waals surface area contributed by atoms with Gasteiger partial charge >= 0.3 is 0 Å². The largest absolute Gasteiger partial charge is 0.324 e. The Morgan fingerprint density at radius 3 is 2.38 bits per heavy atom. The summed E-state index contributed by atoms with van der Waals surface area (Å²) >= 11 is 0. The predicted molar refractivity (Wildman–Crippen MR) is 88.4 cm³/mol. The van der Waals surface area contributed by atoms with E-state index in [-0.39, 0.29) is 11.3 Å². The van der Waals surface area contributed by atoms with E-state index >= 15 is 0 Å². The first-order chi connectivity index (χ1) is 11.7. The van der Waals surface area contributed by atoms with E-state index < -0.39 is 0 Å². The number of aromatic nitrogens is 4. The maximum absolute atomic E-state index is 13.0. The highest BCUT2D eigenvalue weighted by Crippen LogP contribution is 2.60. The second-order valence-corrected chi connectivity index (χ2v) is 7.90. The Bertz CT molecular complexity index is 717. The number of amides is 1. The van der Waals surface area contributed by atoms with Crippen molar-refractivity contribution in [3.05, 3.63) is 31.0 Å². The fraction of sp³-hybridized carbons (Fsp3) is 0.556. The van der Waals surface area contributed by atoms with Crippen molar-refractivity contribution in [1.29, 1.82) is 0 Å². The molecule has 0 aromatic carbocycles. The highest BCUT2D eigenvalue weighted by Gasteiger charge is 2.54. The lowest BCUT2D eigenvalue weighted by Gasteiger charge is -2.55. The van der Waals surface area contributed by atoms with Crippen molar-refractivity contribution >= 4 is 11.6 Å². The number of carbonyl (C=O) groups excluding carboxylic acids is 1. The zero-order chi connectivity index (χ0) is 16.1. The molecular formula is C18H21N5O. The zero-order valence-corrected chi connectivity index (χ0v) is 13.6. The van der Waals surface area contributed by atoms with Gasteiger partial charge in [-0.3, -0.25) is 4.79 Å². The number of carbonyl (C=O) groups is 1. The third kappa shape index (κ3) is 2.24. The summed E-state index contributed by atoms with van der Waals surface area (Å²) in [6.45, 7) is 0. The van der Waals surface area contributed by atoms with Crippen molar-refractivity contribution in [3.63, 3.8) is 0 Å². The van der Waals surface area contributed by atoms with Crippen LogP contribution in [-0.4, -0.2) is 25.7 Å². The van der Waals surface area contributed by atoms with Crippen molar-refractivity contribution in [2.75, 3.05) is 5.32 Å². The molecule has 0 radical (unpaired) electrons. The van der Waals surface area contributed by atoms with Crippen LogP contribution >= 0.6 is 0 Å². The van der Waals surface area contributed by atoms with Gasteiger partial charge in [0.05, 0.1) is 17.3 Å². The zero-order valence-electron chi connectivity index (χ0n) is 13.6. The Kier molecular flexibility index (Phi) is 3.02. The van der Waals surface area contributed by atoms with Gasteiger partial charge in [-0.05, 0) is 68.4 Å². The first kappa shape index (κ1) is 14.1. The normalized spacial score (nSPS) is 33.6. The van der Waals surface area contributed by atoms with Crippen LogP contribution < -0.4 is 5.32 Å². The SMILES string of the molecule is O=C(Nc1ccc(-n2cncn2)nc1)C12CC3CC(CC(C3)C1)C2. The van der Waals surface area contributed by atoms with E-state index in [1.54, 1.807) is 17.2 Å². The summed E-state index contributed by atoms with van der Waals surface area (Å²) in [6, 6.07) is 3.74. The number of rotatable bonds is 3. The Labute approximate surface area is 140 Å². The predicted octanol–water partition coefficient (Wildman–Crippen LogP) is 2.82. The molecule has 2 aromatic heterocycles. The minimum absolute atomic E-state index is 0.126. The molecule has 0 aliphatic heterocycles. The molecule has 6 heteroatoms. The molecule has 0 saturated heterocycles. The van der Waals surface area contributed by atoms with Crippen LogP contribution in [0, 0.1) is 23.2 Å². The van der Waals surface area contributed by atoms with E-state index in [1.165, 1.54) is 25.6 Å². The monoisotopic (exact) mass is 323 g/mol. The number of anilines is 1. The van der Waals surface area contributed by atoms with Crippen LogP contribution in [-0.2, 0) is 4.79 Å². The van der Waals surface area contributed by atoms with E-state index in [1.807, 2.05) is 12.1 Å². The van der Waals surface area contributed by atoms with Crippen molar-refractivity contribution in [3.8, 4) is 5.82 Å². The molecule has 0 atom stereocenters. The molecular weight excluding hydrogens is 302 g/mol. The number of hydrogen-bond donors (Lipinski definition) is 1. The van der Waals surface area contributed by atoms with Crippen LogP contribution in [0.25, 0.3) is 5.82 Å². The number of hydrogen-bond acceptors (Lipinski definition) is 4. The van der Waals surface area contributed by atoms with Gasteiger partial charge in [0.15, 0.2) is 5.82 Å². The van der Waals surface area contributed by atoms with Gasteiger partial charge in [0.25, 0.3) is 0 Å². The van der Waals surface area contributed by atoms with Crippen LogP contribution in [0.5, 0.6) is 0 Å². The Balaban J connectivity index is 1.33. The summed E-state index contributed by atoms with van der Waals surface area (Å²) in [4.78, 5) is 21.3. The summed E-state index contributed by atoms with van der Waals surface area (Å²) in [5.74, 6) is 3.22. The molecule has 2 heterocycles. The molecule has 24 heavy (non-hydrogen) atoms. The van der Waals surface area contributed by atoms with Crippen LogP contribution in [0.15, 0.2) is 31.0 Å². The van der Waals surface area contributed by atoms with Gasteiger partial charge in [0.1, 0.15) is 12.7 Å². The number of pyridine rings is 1. The van der Waals surface area contributed by atoms with Gasteiger partial charge in [-0.1, -0.05) is 0 Å². The quantitative estimate of drug-likeness (QED) is 0.942. The first-order valence-electron chi connectivity index (χ1n) is 8.83. The molecule has 2 aromatic rings. The molecule has 124 valence electrons. The van der Waals surface area contributed by atoms with E-state index in [2.05, 4.69) is 20.4 Å². The number of nitrogens with one attached hydrogen (secondary N) is 1. The summed E-state index contributed by atoms with van der Waals surface area (Å²) in [5.41, 5.74) is 0.638. The van der Waals surface area contributed by atoms with Crippen LogP contribution in [0.4, 0.5) is 5.69 Å². The second-order valence-electron chi connectivity index (χ2n) is 7.90. The average molecular weight is 323 g/mol. The van der Waals surface area contributed by atoms with Crippen LogP contribution in [0.1, 0.15) is 38.5 Å².